The summed E-state index contributed by atoms with van der Waals surface area (Å²) >= 11 is 5.80. The van der Waals surface area contributed by atoms with Gasteiger partial charge in [0.15, 0.2) is 5.11 Å². The number of anilines is 1. The van der Waals surface area contributed by atoms with Crippen LogP contribution in [0, 0.1) is 0 Å². The van der Waals surface area contributed by atoms with E-state index in [1.165, 1.54) is 0 Å². The SMILES string of the molecule is COc1ccc(OC)c(N2C(=S)N[C@H](c3ccccn3)[C@@H]2c2ccc(-c3ccc(C(=O)O)cc3)o2)c1. The number of carboxylic acids is 1. The number of aromatic nitrogens is 1. The first-order chi connectivity index (χ1) is 17.5. The zero-order valence-electron chi connectivity index (χ0n) is 19.5. The van der Waals surface area contributed by atoms with Crippen molar-refractivity contribution in [2.24, 2.45) is 0 Å². The van der Waals surface area contributed by atoms with Gasteiger partial charge in [0, 0.05) is 17.8 Å². The Kier molecular flexibility index (Phi) is 6.30. The monoisotopic (exact) mass is 501 g/mol. The molecular weight excluding hydrogens is 478 g/mol. The molecule has 0 amide bonds. The maximum atomic E-state index is 11.2. The number of ether oxygens (including phenoxy) is 2. The molecule has 1 aliphatic heterocycles. The van der Waals surface area contributed by atoms with Gasteiger partial charge in [0.25, 0.3) is 0 Å². The van der Waals surface area contributed by atoms with Gasteiger partial charge < -0.3 is 29.2 Å². The van der Waals surface area contributed by atoms with Crippen LogP contribution in [0.3, 0.4) is 0 Å². The molecule has 0 unspecified atom stereocenters. The van der Waals surface area contributed by atoms with Gasteiger partial charge in [0.05, 0.1) is 37.2 Å². The molecule has 0 spiro atoms. The Labute approximate surface area is 213 Å². The first-order valence-electron chi connectivity index (χ1n) is 11.2. The predicted octanol–water partition coefficient (Wildman–Crippen LogP) is 5.23. The highest BCUT2D eigenvalue weighted by molar-refractivity contribution is 7.80. The Morgan fingerprint density at radius 1 is 1.06 bits per heavy atom. The van der Waals surface area contributed by atoms with Crippen molar-refractivity contribution >= 4 is 29.0 Å². The number of carboxylic acid groups (broad SMARTS) is 1. The van der Waals surface area contributed by atoms with Crippen LogP contribution in [-0.2, 0) is 0 Å². The topological polar surface area (TPSA) is 97.1 Å². The molecule has 4 aromatic rings. The van der Waals surface area contributed by atoms with Gasteiger partial charge in [-0.05, 0) is 60.7 Å². The Bertz CT molecular complexity index is 1400. The van der Waals surface area contributed by atoms with E-state index in [2.05, 4.69) is 10.3 Å². The number of aromatic carboxylic acids is 1. The maximum absolute atomic E-state index is 11.2. The number of nitrogens with one attached hydrogen (secondary N) is 1. The fourth-order valence-electron chi connectivity index (χ4n) is 4.33. The van der Waals surface area contributed by atoms with Gasteiger partial charge in [0.1, 0.15) is 29.1 Å². The van der Waals surface area contributed by atoms with Gasteiger partial charge in [-0.15, -0.1) is 0 Å². The predicted molar refractivity (Wildman–Crippen MR) is 139 cm³/mol. The molecule has 0 saturated carbocycles. The second kappa shape index (κ2) is 9.71. The number of hydrogen-bond acceptors (Lipinski definition) is 6. The third kappa shape index (κ3) is 4.25. The van der Waals surface area contributed by atoms with E-state index in [0.29, 0.717) is 28.1 Å². The first-order valence-corrected chi connectivity index (χ1v) is 11.6. The maximum Gasteiger partial charge on any atom is 0.335 e. The molecule has 0 aliphatic carbocycles. The fourth-order valence-corrected chi connectivity index (χ4v) is 4.67. The molecule has 3 heterocycles. The first kappa shape index (κ1) is 23.4. The molecule has 0 radical (unpaired) electrons. The van der Waals surface area contributed by atoms with Gasteiger partial charge in [-0.1, -0.05) is 18.2 Å². The van der Waals surface area contributed by atoms with Crippen LogP contribution in [0.4, 0.5) is 5.69 Å². The van der Waals surface area contributed by atoms with Gasteiger partial charge in [-0.25, -0.2) is 4.79 Å². The second-order valence-corrected chi connectivity index (χ2v) is 8.51. The molecule has 5 rings (SSSR count). The summed E-state index contributed by atoms with van der Waals surface area (Å²) < 4.78 is 17.5. The highest BCUT2D eigenvalue weighted by Crippen LogP contribution is 2.46. The Morgan fingerprint density at radius 3 is 2.53 bits per heavy atom. The lowest BCUT2D eigenvalue weighted by Crippen LogP contribution is -2.29. The summed E-state index contributed by atoms with van der Waals surface area (Å²) in [5.74, 6) is 1.57. The van der Waals surface area contributed by atoms with Crippen LogP contribution in [0.15, 0.2) is 83.4 Å². The van der Waals surface area contributed by atoms with Crippen LogP contribution in [-0.4, -0.2) is 35.4 Å². The van der Waals surface area contributed by atoms with Gasteiger partial charge >= 0.3 is 5.97 Å². The third-order valence-electron chi connectivity index (χ3n) is 6.08. The summed E-state index contributed by atoms with van der Waals surface area (Å²) in [5, 5.41) is 13.1. The lowest BCUT2D eigenvalue weighted by molar-refractivity contribution is 0.0697. The summed E-state index contributed by atoms with van der Waals surface area (Å²) in [4.78, 5) is 17.7. The normalized spacial score (nSPS) is 17.1. The quantitative estimate of drug-likeness (QED) is 0.330. The highest BCUT2D eigenvalue weighted by Gasteiger charge is 2.43. The van der Waals surface area contributed by atoms with Crippen molar-refractivity contribution in [3.63, 3.8) is 0 Å². The Balaban J connectivity index is 1.61. The molecule has 9 heteroatoms. The number of pyridine rings is 1. The number of hydrogen-bond donors (Lipinski definition) is 2. The molecule has 2 aromatic carbocycles. The number of furan rings is 1. The van der Waals surface area contributed by atoms with Crippen LogP contribution in [0.2, 0.25) is 0 Å². The summed E-state index contributed by atoms with van der Waals surface area (Å²) in [6.07, 6.45) is 1.74. The van der Waals surface area contributed by atoms with Crippen molar-refractivity contribution in [1.29, 1.82) is 0 Å². The summed E-state index contributed by atoms with van der Waals surface area (Å²) in [5.41, 5.74) is 2.50. The van der Waals surface area contributed by atoms with Crippen molar-refractivity contribution in [2.75, 3.05) is 19.1 Å². The van der Waals surface area contributed by atoms with Crippen LogP contribution < -0.4 is 19.7 Å². The number of benzene rings is 2. The van der Waals surface area contributed by atoms with E-state index in [9.17, 15) is 9.90 Å². The highest BCUT2D eigenvalue weighted by atomic mass is 32.1. The second-order valence-electron chi connectivity index (χ2n) is 8.12. The summed E-state index contributed by atoms with van der Waals surface area (Å²) in [6, 6.07) is 20.9. The average molecular weight is 502 g/mol. The van der Waals surface area contributed by atoms with Crippen molar-refractivity contribution in [3.05, 3.63) is 96.0 Å². The molecule has 0 bridgehead atoms. The molecule has 8 nitrogen and oxygen atoms in total. The lowest BCUT2D eigenvalue weighted by atomic mass is 10.0. The number of methoxy groups -OCH3 is 2. The minimum absolute atomic E-state index is 0.211. The minimum atomic E-state index is -0.978. The molecule has 36 heavy (non-hydrogen) atoms. The van der Waals surface area contributed by atoms with Crippen molar-refractivity contribution in [3.8, 4) is 22.8 Å². The van der Waals surface area contributed by atoms with Gasteiger partial charge in [0.2, 0.25) is 0 Å². The zero-order valence-corrected chi connectivity index (χ0v) is 20.4. The van der Waals surface area contributed by atoms with E-state index in [-0.39, 0.29) is 17.6 Å². The van der Waals surface area contributed by atoms with Crippen molar-refractivity contribution < 1.29 is 23.8 Å². The Hall–Kier alpha value is -4.37. The van der Waals surface area contributed by atoms with Crippen LogP contribution in [0.1, 0.15) is 33.9 Å². The molecule has 2 N–H and O–H groups in total. The molecule has 2 atom stereocenters. The van der Waals surface area contributed by atoms with E-state index in [1.54, 1.807) is 44.7 Å². The van der Waals surface area contributed by atoms with E-state index < -0.39 is 5.97 Å². The Morgan fingerprint density at radius 2 is 1.86 bits per heavy atom. The minimum Gasteiger partial charge on any atom is -0.497 e. The van der Waals surface area contributed by atoms with Crippen molar-refractivity contribution in [1.82, 2.24) is 10.3 Å². The molecule has 2 aromatic heterocycles. The molecule has 1 aliphatic rings. The standard InChI is InChI=1S/C27H23N3O5S/c1-33-18-10-11-22(34-2)20(15-18)30-25(24(29-27(30)36)19-5-3-4-14-28-19)23-13-12-21(35-23)16-6-8-17(9-7-16)26(31)32/h3-15,24-25H,1-2H3,(H,29,36)(H,31,32)/t24-,25+/m1/s1. The van der Waals surface area contributed by atoms with Crippen LogP contribution in [0.5, 0.6) is 11.5 Å². The van der Waals surface area contributed by atoms with E-state index >= 15 is 0 Å². The third-order valence-corrected chi connectivity index (χ3v) is 6.39. The van der Waals surface area contributed by atoms with Crippen LogP contribution >= 0.6 is 12.2 Å². The number of thiocarbonyl (C=S) groups is 1. The molecular formula is C27H23N3O5S. The lowest BCUT2D eigenvalue weighted by Gasteiger charge is -2.27. The van der Waals surface area contributed by atoms with E-state index in [0.717, 1.165) is 16.9 Å². The zero-order chi connectivity index (χ0) is 25.2. The number of rotatable bonds is 7. The van der Waals surface area contributed by atoms with Gasteiger partial charge in [-0.3, -0.25) is 4.98 Å². The van der Waals surface area contributed by atoms with Crippen LogP contribution in [0.25, 0.3) is 11.3 Å². The summed E-state index contributed by atoms with van der Waals surface area (Å²) in [7, 11) is 3.21. The number of carbonyl (C=O) groups is 1. The largest absolute Gasteiger partial charge is 0.497 e. The van der Waals surface area contributed by atoms with Gasteiger partial charge in [-0.2, -0.15) is 0 Å². The fraction of sp³-hybridized carbons (Fsp3) is 0.148. The average Bonchev–Trinajstić information content (AvgIpc) is 3.53. The molecule has 1 fully saturated rings. The smallest absolute Gasteiger partial charge is 0.335 e. The van der Waals surface area contributed by atoms with Crippen molar-refractivity contribution in [2.45, 2.75) is 12.1 Å². The number of nitrogens with zero attached hydrogens (tertiary/aromatic N) is 2. The summed E-state index contributed by atoms with van der Waals surface area (Å²) in [6.45, 7) is 0. The van der Waals surface area contributed by atoms with E-state index in [4.69, 9.17) is 26.1 Å². The molecule has 1 saturated heterocycles. The van der Waals surface area contributed by atoms with E-state index in [1.807, 2.05) is 53.4 Å². The molecule has 182 valence electrons.